The Balaban J connectivity index is 1.24. The summed E-state index contributed by atoms with van der Waals surface area (Å²) in [6.45, 7) is 4.82. The standard InChI is InChI=1S/C33H41ClFN7O4/c1-39-13-15-40(16-14-39)30(43)20-42-28-7-4-21(24-6-5-22(34)18-26(24)35)17-25(28)31(44)38-27(33(42)46)19-37-32(45)29-3-2-12-41(29)23-8-10-36-11-9-23/h4-7,17-18,23,27,29,36H,2-3,8-16,19-20H2,1H3,(H,37,45)(H,38,44)/t27-,29+/m1/s1. The maximum absolute atomic E-state index is 14.9. The van der Waals surface area contributed by atoms with E-state index in [2.05, 4.69) is 25.8 Å². The van der Waals surface area contributed by atoms with Crippen molar-refractivity contribution in [3.8, 4) is 11.1 Å². The van der Waals surface area contributed by atoms with Gasteiger partial charge in [0.2, 0.25) is 11.8 Å². The molecule has 2 aromatic rings. The maximum atomic E-state index is 14.9. The summed E-state index contributed by atoms with van der Waals surface area (Å²) >= 11 is 5.96. The number of benzene rings is 2. The monoisotopic (exact) mass is 653 g/mol. The summed E-state index contributed by atoms with van der Waals surface area (Å²) < 4.78 is 14.9. The third-order valence-corrected chi connectivity index (χ3v) is 9.88. The Kier molecular flexibility index (Phi) is 9.88. The fraction of sp³-hybridized carbons (Fsp3) is 0.515. The Labute approximate surface area is 273 Å². The van der Waals surface area contributed by atoms with Crippen LogP contribution in [0.1, 0.15) is 36.0 Å². The van der Waals surface area contributed by atoms with Crippen LogP contribution >= 0.6 is 11.6 Å². The molecule has 0 unspecified atom stereocenters. The summed E-state index contributed by atoms with van der Waals surface area (Å²) in [5.74, 6) is -2.00. The molecule has 6 rings (SSSR count). The van der Waals surface area contributed by atoms with Crippen LogP contribution < -0.4 is 20.9 Å². The zero-order chi connectivity index (χ0) is 32.4. The van der Waals surface area contributed by atoms with Gasteiger partial charge < -0.3 is 30.7 Å². The fourth-order valence-electron chi connectivity index (χ4n) is 7.01. The summed E-state index contributed by atoms with van der Waals surface area (Å²) in [5, 5.41) is 9.34. The summed E-state index contributed by atoms with van der Waals surface area (Å²) in [6.07, 6.45) is 3.63. The topological polar surface area (TPSA) is 117 Å². The van der Waals surface area contributed by atoms with Crippen molar-refractivity contribution in [1.82, 2.24) is 30.7 Å². The van der Waals surface area contributed by atoms with Gasteiger partial charge in [-0.05, 0) is 88.3 Å². The quantitative estimate of drug-likeness (QED) is 0.417. The van der Waals surface area contributed by atoms with E-state index in [-0.39, 0.29) is 52.8 Å². The Morgan fingerprint density at radius 3 is 2.48 bits per heavy atom. The van der Waals surface area contributed by atoms with Crippen molar-refractivity contribution >= 4 is 40.9 Å². The Bertz CT molecular complexity index is 1490. The Hall–Kier alpha value is -3.58. The molecule has 0 spiro atoms. The fourth-order valence-corrected chi connectivity index (χ4v) is 7.17. The highest BCUT2D eigenvalue weighted by Gasteiger charge is 2.39. The largest absolute Gasteiger partial charge is 0.352 e. The molecular weight excluding hydrogens is 613 g/mol. The van der Waals surface area contributed by atoms with Crippen molar-refractivity contribution in [3.63, 3.8) is 0 Å². The highest BCUT2D eigenvalue weighted by molar-refractivity contribution is 6.30. The molecule has 3 saturated heterocycles. The SMILES string of the molecule is CN1CCN(C(=O)CN2C(=O)[C@@H](CNC(=O)[C@@H]3CCCN3C3CCNCC3)NC(=O)c3cc(-c4ccc(Cl)cc4F)ccc32)CC1. The lowest BCUT2D eigenvalue weighted by atomic mass is 10.0. The second kappa shape index (κ2) is 14.0. The summed E-state index contributed by atoms with van der Waals surface area (Å²) in [6, 6.07) is 7.95. The summed E-state index contributed by atoms with van der Waals surface area (Å²) in [7, 11) is 1.99. The molecular formula is C33H41ClFN7O4. The second-order valence-corrected chi connectivity index (χ2v) is 13.0. The number of amides is 4. The average Bonchev–Trinajstić information content (AvgIpc) is 3.53. The van der Waals surface area contributed by atoms with E-state index in [9.17, 15) is 23.6 Å². The number of anilines is 1. The number of carbonyl (C=O) groups is 4. The van der Waals surface area contributed by atoms with Crippen LogP contribution in [0.15, 0.2) is 36.4 Å². The first-order valence-corrected chi connectivity index (χ1v) is 16.5. The van der Waals surface area contributed by atoms with E-state index in [1.54, 1.807) is 23.1 Å². The lowest BCUT2D eigenvalue weighted by Gasteiger charge is -2.35. The van der Waals surface area contributed by atoms with Crippen molar-refractivity contribution in [1.29, 1.82) is 0 Å². The molecule has 3 N–H and O–H groups in total. The molecule has 13 heteroatoms. The van der Waals surface area contributed by atoms with E-state index in [4.69, 9.17) is 11.6 Å². The number of hydrogen-bond donors (Lipinski definition) is 3. The summed E-state index contributed by atoms with van der Waals surface area (Å²) in [5.41, 5.74) is 1.05. The number of hydrogen-bond acceptors (Lipinski definition) is 7. The summed E-state index contributed by atoms with van der Waals surface area (Å²) in [4.78, 5) is 62.2. The smallest absolute Gasteiger partial charge is 0.254 e. The lowest BCUT2D eigenvalue weighted by molar-refractivity contribution is -0.133. The van der Waals surface area contributed by atoms with Crippen molar-refractivity contribution in [2.45, 2.75) is 43.8 Å². The molecule has 246 valence electrons. The van der Waals surface area contributed by atoms with Crippen LogP contribution in [0.3, 0.4) is 0 Å². The molecule has 0 aromatic heterocycles. The number of fused-ring (bicyclic) bond motifs is 1. The zero-order valence-corrected chi connectivity index (χ0v) is 26.8. The van der Waals surface area contributed by atoms with Crippen molar-refractivity contribution in [2.24, 2.45) is 0 Å². The number of likely N-dealkylation sites (tertiary alicyclic amines) is 1. The van der Waals surface area contributed by atoms with Crippen LogP contribution in [0.2, 0.25) is 5.02 Å². The van der Waals surface area contributed by atoms with Gasteiger partial charge in [0.15, 0.2) is 0 Å². The maximum Gasteiger partial charge on any atom is 0.254 e. The molecule has 0 radical (unpaired) electrons. The molecule has 46 heavy (non-hydrogen) atoms. The van der Waals surface area contributed by atoms with E-state index in [1.807, 2.05) is 7.05 Å². The highest BCUT2D eigenvalue weighted by atomic mass is 35.5. The minimum absolute atomic E-state index is 0.119. The molecule has 4 amide bonds. The molecule has 3 fully saturated rings. The van der Waals surface area contributed by atoms with Gasteiger partial charge in [0, 0.05) is 49.4 Å². The highest BCUT2D eigenvalue weighted by Crippen LogP contribution is 2.32. The first-order valence-electron chi connectivity index (χ1n) is 16.1. The molecule has 11 nitrogen and oxygen atoms in total. The molecule has 4 aliphatic heterocycles. The molecule has 4 aliphatic rings. The van der Waals surface area contributed by atoms with Crippen molar-refractivity contribution < 1.29 is 23.6 Å². The van der Waals surface area contributed by atoms with E-state index < -0.39 is 23.7 Å². The number of carbonyl (C=O) groups excluding carboxylic acids is 4. The van der Waals surface area contributed by atoms with Crippen LogP contribution in [0.5, 0.6) is 0 Å². The third kappa shape index (κ3) is 6.90. The minimum atomic E-state index is -1.10. The second-order valence-electron chi connectivity index (χ2n) is 12.6. The first kappa shape index (κ1) is 32.4. The average molecular weight is 654 g/mol. The predicted octanol–water partition coefficient (Wildman–Crippen LogP) is 1.70. The van der Waals surface area contributed by atoms with Gasteiger partial charge in [-0.3, -0.25) is 24.1 Å². The predicted molar refractivity (Wildman–Crippen MR) is 173 cm³/mol. The van der Waals surface area contributed by atoms with Gasteiger partial charge in [-0.1, -0.05) is 17.7 Å². The Morgan fingerprint density at radius 2 is 1.74 bits per heavy atom. The third-order valence-electron chi connectivity index (χ3n) is 9.65. The van der Waals surface area contributed by atoms with Gasteiger partial charge in [-0.2, -0.15) is 0 Å². The van der Waals surface area contributed by atoms with E-state index in [1.165, 1.54) is 23.1 Å². The van der Waals surface area contributed by atoms with E-state index in [0.29, 0.717) is 24.7 Å². The Morgan fingerprint density at radius 1 is 0.978 bits per heavy atom. The van der Waals surface area contributed by atoms with Crippen LogP contribution in [0.4, 0.5) is 10.1 Å². The number of rotatable bonds is 7. The van der Waals surface area contributed by atoms with Gasteiger partial charge in [0.05, 0.1) is 17.3 Å². The van der Waals surface area contributed by atoms with Gasteiger partial charge in [0.1, 0.15) is 18.4 Å². The van der Waals surface area contributed by atoms with Crippen LogP contribution in [-0.2, 0) is 14.4 Å². The van der Waals surface area contributed by atoms with Gasteiger partial charge in [-0.15, -0.1) is 0 Å². The molecule has 0 aliphatic carbocycles. The van der Waals surface area contributed by atoms with Crippen LogP contribution in [0.25, 0.3) is 11.1 Å². The number of halogens is 2. The molecule has 0 saturated carbocycles. The molecule has 2 aromatic carbocycles. The number of nitrogens with zero attached hydrogens (tertiary/aromatic N) is 4. The first-order chi connectivity index (χ1) is 22.2. The van der Waals surface area contributed by atoms with Gasteiger partial charge in [0.25, 0.3) is 11.8 Å². The number of nitrogens with one attached hydrogen (secondary N) is 3. The lowest BCUT2D eigenvalue weighted by Crippen LogP contribution is -2.57. The molecule has 2 atom stereocenters. The number of piperidine rings is 1. The van der Waals surface area contributed by atoms with Crippen molar-refractivity contribution in [2.75, 3.05) is 70.9 Å². The van der Waals surface area contributed by atoms with Crippen LogP contribution in [-0.4, -0.2) is 122 Å². The molecule has 0 bridgehead atoms. The normalized spacial score (nSPS) is 23.2. The van der Waals surface area contributed by atoms with E-state index >= 15 is 0 Å². The van der Waals surface area contributed by atoms with E-state index in [0.717, 1.165) is 58.4 Å². The van der Waals surface area contributed by atoms with Gasteiger partial charge in [-0.25, -0.2) is 4.39 Å². The number of likely N-dealkylation sites (N-methyl/N-ethyl adjacent to an activating group) is 1. The van der Waals surface area contributed by atoms with Crippen molar-refractivity contribution in [3.05, 3.63) is 52.8 Å². The van der Waals surface area contributed by atoms with Gasteiger partial charge >= 0.3 is 0 Å². The zero-order valence-electron chi connectivity index (χ0n) is 26.1. The van der Waals surface area contributed by atoms with Crippen LogP contribution in [0, 0.1) is 5.82 Å². The number of piperazine rings is 1. The molecule has 4 heterocycles. The minimum Gasteiger partial charge on any atom is -0.352 e.